The lowest BCUT2D eigenvalue weighted by Crippen LogP contribution is -2.06. The van der Waals surface area contributed by atoms with E-state index in [2.05, 4.69) is 5.10 Å². The summed E-state index contributed by atoms with van der Waals surface area (Å²) in [6.45, 7) is 2.61. The van der Waals surface area contributed by atoms with Crippen molar-refractivity contribution in [1.82, 2.24) is 9.78 Å². The molecule has 1 aliphatic heterocycles. The van der Waals surface area contributed by atoms with E-state index in [1.54, 1.807) is 4.68 Å². The van der Waals surface area contributed by atoms with Crippen LogP contribution in [0.5, 0.6) is 0 Å². The molecule has 0 bridgehead atoms. The molecule has 1 saturated heterocycles. The zero-order valence-electron chi connectivity index (χ0n) is 14.1. The summed E-state index contributed by atoms with van der Waals surface area (Å²) in [4.78, 5) is 12.3. The predicted molar refractivity (Wildman–Crippen MR) is 90.6 cm³/mol. The molecule has 1 aromatic carbocycles. The van der Waals surface area contributed by atoms with Gasteiger partial charge in [0.15, 0.2) is 5.78 Å². The van der Waals surface area contributed by atoms with E-state index in [4.69, 9.17) is 9.47 Å². The quantitative estimate of drug-likeness (QED) is 0.699. The fourth-order valence-electron chi connectivity index (χ4n) is 2.90. The van der Waals surface area contributed by atoms with E-state index in [0.29, 0.717) is 31.2 Å². The Hall–Kier alpha value is -1.98. The zero-order valence-corrected chi connectivity index (χ0v) is 14.1. The molecular weight excluding hydrogens is 304 g/mol. The molecule has 1 fully saturated rings. The first-order valence-electron chi connectivity index (χ1n) is 8.48. The summed E-state index contributed by atoms with van der Waals surface area (Å²) in [5.41, 5.74) is 2.59. The van der Waals surface area contributed by atoms with Crippen LogP contribution in [-0.4, -0.2) is 28.8 Å². The molecule has 0 saturated carbocycles. The highest BCUT2D eigenvalue weighted by Gasteiger charge is 2.19. The molecule has 1 aliphatic rings. The van der Waals surface area contributed by atoms with Gasteiger partial charge in [-0.1, -0.05) is 30.3 Å². The number of carbonyl (C=O) groups is 1. The topological polar surface area (TPSA) is 53.4 Å². The molecule has 2 heterocycles. The van der Waals surface area contributed by atoms with E-state index < -0.39 is 0 Å². The Kier molecular flexibility index (Phi) is 5.77. The second kappa shape index (κ2) is 8.22. The normalized spacial score (nSPS) is 17.3. The SMILES string of the molecule is Cn1nc(C(=O)CCC2CCOC2)cc1COCc1ccccc1. The molecule has 0 radical (unpaired) electrons. The van der Waals surface area contributed by atoms with Crippen molar-refractivity contribution in [3.05, 3.63) is 53.3 Å². The Balaban J connectivity index is 1.49. The number of carbonyl (C=O) groups excluding carboxylic acids is 1. The van der Waals surface area contributed by atoms with Crippen LogP contribution in [0.25, 0.3) is 0 Å². The monoisotopic (exact) mass is 328 g/mol. The summed E-state index contributed by atoms with van der Waals surface area (Å²) in [7, 11) is 1.85. The summed E-state index contributed by atoms with van der Waals surface area (Å²) < 4.78 is 12.8. The highest BCUT2D eigenvalue weighted by Crippen LogP contribution is 2.19. The van der Waals surface area contributed by atoms with Crippen molar-refractivity contribution < 1.29 is 14.3 Å². The smallest absolute Gasteiger partial charge is 0.183 e. The van der Waals surface area contributed by atoms with Crippen molar-refractivity contribution in [3.63, 3.8) is 0 Å². The van der Waals surface area contributed by atoms with Crippen LogP contribution in [0.15, 0.2) is 36.4 Å². The molecule has 0 aliphatic carbocycles. The summed E-state index contributed by atoms with van der Waals surface area (Å²) >= 11 is 0. The van der Waals surface area contributed by atoms with Crippen molar-refractivity contribution in [1.29, 1.82) is 0 Å². The molecule has 0 amide bonds. The van der Waals surface area contributed by atoms with Gasteiger partial charge in [0.1, 0.15) is 5.69 Å². The minimum atomic E-state index is 0.104. The largest absolute Gasteiger partial charge is 0.381 e. The maximum absolute atomic E-state index is 12.3. The molecule has 5 heteroatoms. The number of rotatable bonds is 8. The third-order valence-corrected chi connectivity index (χ3v) is 4.43. The lowest BCUT2D eigenvalue weighted by Gasteiger charge is -2.04. The van der Waals surface area contributed by atoms with Gasteiger partial charge in [0.05, 0.1) is 18.9 Å². The third-order valence-electron chi connectivity index (χ3n) is 4.43. The molecular formula is C19H24N2O3. The Morgan fingerprint density at radius 2 is 2.17 bits per heavy atom. The van der Waals surface area contributed by atoms with Gasteiger partial charge < -0.3 is 9.47 Å². The van der Waals surface area contributed by atoms with E-state index in [9.17, 15) is 4.79 Å². The third kappa shape index (κ3) is 4.52. The summed E-state index contributed by atoms with van der Waals surface area (Å²) in [6, 6.07) is 11.9. The zero-order chi connectivity index (χ0) is 16.8. The van der Waals surface area contributed by atoms with Crippen LogP contribution < -0.4 is 0 Å². The van der Waals surface area contributed by atoms with Gasteiger partial charge in [-0.25, -0.2) is 0 Å². The molecule has 3 rings (SSSR count). The summed E-state index contributed by atoms with van der Waals surface area (Å²) in [5.74, 6) is 0.623. The van der Waals surface area contributed by atoms with Crippen LogP contribution in [0.4, 0.5) is 0 Å². The number of nitrogens with zero attached hydrogens (tertiary/aromatic N) is 2. The second-order valence-electron chi connectivity index (χ2n) is 6.31. The molecule has 2 aromatic rings. The van der Waals surface area contributed by atoms with Crippen molar-refractivity contribution in [3.8, 4) is 0 Å². The molecule has 1 atom stereocenters. The van der Waals surface area contributed by atoms with E-state index in [1.165, 1.54) is 0 Å². The van der Waals surface area contributed by atoms with Crippen LogP contribution in [-0.2, 0) is 29.7 Å². The van der Waals surface area contributed by atoms with Crippen LogP contribution in [0, 0.1) is 5.92 Å². The van der Waals surface area contributed by atoms with Gasteiger partial charge >= 0.3 is 0 Å². The van der Waals surface area contributed by atoms with Crippen molar-refractivity contribution in [2.24, 2.45) is 13.0 Å². The number of benzene rings is 1. The fraction of sp³-hybridized carbons (Fsp3) is 0.474. The predicted octanol–water partition coefficient (Wildman–Crippen LogP) is 3.14. The van der Waals surface area contributed by atoms with Gasteiger partial charge in [-0.15, -0.1) is 0 Å². The van der Waals surface area contributed by atoms with Crippen LogP contribution in [0.3, 0.4) is 0 Å². The molecule has 1 unspecified atom stereocenters. The second-order valence-corrected chi connectivity index (χ2v) is 6.31. The van der Waals surface area contributed by atoms with Crippen LogP contribution >= 0.6 is 0 Å². The maximum atomic E-state index is 12.3. The first-order valence-corrected chi connectivity index (χ1v) is 8.48. The van der Waals surface area contributed by atoms with E-state index in [1.807, 2.05) is 43.4 Å². The number of hydrogen-bond donors (Lipinski definition) is 0. The summed E-state index contributed by atoms with van der Waals surface area (Å²) in [6.07, 6.45) is 2.48. The molecule has 1 aromatic heterocycles. The molecule has 0 spiro atoms. The molecule has 0 N–H and O–H groups in total. The van der Waals surface area contributed by atoms with Gasteiger partial charge in [0.2, 0.25) is 0 Å². The van der Waals surface area contributed by atoms with Crippen molar-refractivity contribution in [2.45, 2.75) is 32.5 Å². The van der Waals surface area contributed by atoms with E-state index in [0.717, 1.165) is 37.3 Å². The number of ether oxygens (including phenoxy) is 2. The minimum absolute atomic E-state index is 0.104. The Labute approximate surface area is 142 Å². The first-order chi connectivity index (χ1) is 11.7. The maximum Gasteiger partial charge on any atom is 0.183 e. The van der Waals surface area contributed by atoms with Gasteiger partial charge in [-0.3, -0.25) is 9.48 Å². The van der Waals surface area contributed by atoms with Gasteiger partial charge in [0.25, 0.3) is 0 Å². The summed E-state index contributed by atoms with van der Waals surface area (Å²) in [5, 5.41) is 4.34. The number of aryl methyl sites for hydroxylation is 1. The van der Waals surface area contributed by atoms with Crippen LogP contribution in [0.1, 0.15) is 41.0 Å². The average Bonchev–Trinajstić information content (AvgIpc) is 3.24. The Morgan fingerprint density at radius 1 is 1.33 bits per heavy atom. The Morgan fingerprint density at radius 3 is 2.92 bits per heavy atom. The van der Waals surface area contributed by atoms with Gasteiger partial charge in [-0.05, 0) is 30.4 Å². The number of aromatic nitrogens is 2. The highest BCUT2D eigenvalue weighted by atomic mass is 16.5. The lowest BCUT2D eigenvalue weighted by molar-refractivity contribution is 0.0966. The average molecular weight is 328 g/mol. The minimum Gasteiger partial charge on any atom is -0.381 e. The van der Waals surface area contributed by atoms with E-state index in [-0.39, 0.29) is 5.78 Å². The molecule has 5 nitrogen and oxygen atoms in total. The lowest BCUT2D eigenvalue weighted by atomic mass is 10.00. The fourth-order valence-corrected chi connectivity index (χ4v) is 2.90. The first kappa shape index (κ1) is 16.9. The standard InChI is InChI=1S/C19H24N2O3/c1-21-17(14-24-13-15-5-3-2-4-6-15)11-18(20-21)19(22)8-7-16-9-10-23-12-16/h2-6,11,16H,7-10,12-14H2,1H3. The van der Waals surface area contributed by atoms with E-state index >= 15 is 0 Å². The van der Waals surface area contributed by atoms with Crippen LogP contribution in [0.2, 0.25) is 0 Å². The molecule has 24 heavy (non-hydrogen) atoms. The number of Topliss-reactive ketones (excluding diaryl/α,β-unsaturated/α-hetero) is 1. The highest BCUT2D eigenvalue weighted by molar-refractivity contribution is 5.94. The van der Waals surface area contributed by atoms with Crippen molar-refractivity contribution >= 4 is 5.78 Å². The number of hydrogen-bond acceptors (Lipinski definition) is 4. The molecule has 128 valence electrons. The van der Waals surface area contributed by atoms with Crippen molar-refractivity contribution in [2.75, 3.05) is 13.2 Å². The number of ketones is 1. The van der Waals surface area contributed by atoms with Gasteiger partial charge in [-0.2, -0.15) is 5.10 Å². The Bertz CT molecular complexity index is 661. The van der Waals surface area contributed by atoms with Gasteiger partial charge in [0, 0.05) is 26.7 Å².